The number of carbonyl (C=O) groups is 1. The molecule has 3 aromatic carbocycles. The molecule has 3 N–H and O–H groups in total. The van der Waals surface area contributed by atoms with Crippen LogP contribution in [0.4, 0.5) is 11.4 Å². The van der Waals surface area contributed by atoms with E-state index in [1.807, 2.05) is 30.3 Å². The van der Waals surface area contributed by atoms with E-state index in [1.165, 1.54) is 5.56 Å². The van der Waals surface area contributed by atoms with Crippen LogP contribution >= 0.6 is 0 Å². The van der Waals surface area contributed by atoms with E-state index in [4.69, 9.17) is 0 Å². The van der Waals surface area contributed by atoms with Crippen molar-refractivity contribution in [3.05, 3.63) is 95.7 Å². The molecule has 0 saturated carbocycles. The molecular weight excluding hydrogens is 346 g/mol. The summed E-state index contributed by atoms with van der Waals surface area (Å²) in [6.45, 7) is 0.681. The fraction of sp³-hybridized carbons (Fsp3) is 0.125. The van der Waals surface area contributed by atoms with Gasteiger partial charge in [0.2, 0.25) is 5.91 Å². The highest BCUT2D eigenvalue weighted by Gasteiger charge is 2.54. The number of aromatic amines is 1. The number of fused-ring (bicyclic) bond motifs is 3. The van der Waals surface area contributed by atoms with Gasteiger partial charge in [-0.1, -0.05) is 54.6 Å². The van der Waals surface area contributed by atoms with Gasteiger partial charge in [0, 0.05) is 35.0 Å². The maximum atomic E-state index is 13.3. The Morgan fingerprint density at radius 3 is 2.50 bits per heavy atom. The third kappa shape index (κ3) is 1.87. The van der Waals surface area contributed by atoms with Gasteiger partial charge in [-0.15, -0.1) is 0 Å². The maximum absolute atomic E-state index is 13.3. The second kappa shape index (κ2) is 5.49. The minimum absolute atomic E-state index is 0.0602. The van der Waals surface area contributed by atoms with Crippen LogP contribution in [0.2, 0.25) is 0 Å². The van der Waals surface area contributed by atoms with Crippen LogP contribution in [0.1, 0.15) is 22.6 Å². The third-order valence-electron chi connectivity index (χ3n) is 6.32. The Morgan fingerprint density at radius 1 is 0.821 bits per heavy atom. The van der Waals surface area contributed by atoms with Crippen molar-refractivity contribution in [1.82, 2.24) is 4.98 Å². The predicted octanol–water partition coefficient (Wildman–Crippen LogP) is 4.62. The quantitative estimate of drug-likeness (QED) is 0.486. The van der Waals surface area contributed by atoms with Crippen LogP contribution in [0.5, 0.6) is 0 Å². The highest BCUT2D eigenvalue weighted by molar-refractivity contribution is 6.06. The molecule has 2 aliphatic rings. The average molecular weight is 365 g/mol. The molecule has 4 heteroatoms. The molecule has 4 nitrogen and oxygen atoms in total. The van der Waals surface area contributed by atoms with Gasteiger partial charge in [-0.2, -0.15) is 0 Å². The van der Waals surface area contributed by atoms with Crippen LogP contribution < -0.4 is 10.6 Å². The molecule has 2 aliphatic heterocycles. The first-order chi connectivity index (χ1) is 13.8. The Kier molecular flexibility index (Phi) is 3.04. The zero-order valence-electron chi connectivity index (χ0n) is 15.2. The monoisotopic (exact) mass is 365 g/mol. The molecule has 6 rings (SSSR count). The Morgan fingerprint density at radius 2 is 1.57 bits per heavy atom. The lowest BCUT2D eigenvalue weighted by Gasteiger charge is -2.34. The summed E-state index contributed by atoms with van der Waals surface area (Å²) in [4.78, 5) is 16.7. The SMILES string of the molecule is O=C1Nc2ccccc2C1C1(c2c[nH]c3ccccc23)CNc2ccccc21. The highest BCUT2D eigenvalue weighted by Crippen LogP contribution is 2.55. The van der Waals surface area contributed by atoms with E-state index in [0.29, 0.717) is 6.54 Å². The van der Waals surface area contributed by atoms with Crippen LogP contribution in [0, 0.1) is 0 Å². The van der Waals surface area contributed by atoms with Crippen LogP contribution in [-0.2, 0) is 10.2 Å². The number of para-hydroxylation sites is 3. The molecule has 2 unspecified atom stereocenters. The summed E-state index contributed by atoms with van der Waals surface area (Å²) in [6, 6.07) is 24.7. The topological polar surface area (TPSA) is 56.9 Å². The van der Waals surface area contributed by atoms with Crippen molar-refractivity contribution in [2.45, 2.75) is 11.3 Å². The van der Waals surface area contributed by atoms with Crippen molar-refractivity contribution >= 4 is 28.2 Å². The summed E-state index contributed by atoms with van der Waals surface area (Å²) in [5, 5.41) is 7.86. The molecule has 2 atom stereocenters. The maximum Gasteiger partial charge on any atom is 0.233 e. The standard InChI is InChI=1S/C24H19N3O/c28-23-22(16-8-2-5-11-20(16)27-23)24(14-26-21-12-6-3-9-17(21)24)18-13-25-19-10-4-1-7-15(18)19/h1-13,22,25-26H,14H2,(H,27,28). The lowest BCUT2D eigenvalue weighted by molar-refractivity contribution is -0.118. The molecule has 1 amide bonds. The molecule has 28 heavy (non-hydrogen) atoms. The lowest BCUT2D eigenvalue weighted by atomic mass is 9.65. The number of H-pyrrole nitrogens is 1. The Hall–Kier alpha value is -3.53. The molecule has 0 fully saturated rings. The minimum Gasteiger partial charge on any atom is -0.384 e. The van der Waals surface area contributed by atoms with Gasteiger partial charge in [-0.3, -0.25) is 4.79 Å². The summed E-state index contributed by atoms with van der Waals surface area (Å²) in [7, 11) is 0. The van der Waals surface area contributed by atoms with Crippen molar-refractivity contribution in [3.63, 3.8) is 0 Å². The van der Waals surface area contributed by atoms with Gasteiger partial charge < -0.3 is 15.6 Å². The van der Waals surface area contributed by atoms with Crippen molar-refractivity contribution in [3.8, 4) is 0 Å². The van der Waals surface area contributed by atoms with Gasteiger partial charge in [0.05, 0.1) is 11.3 Å². The van der Waals surface area contributed by atoms with Gasteiger partial charge in [0.1, 0.15) is 0 Å². The Labute approximate surface area is 162 Å². The first kappa shape index (κ1) is 15.5. The first-order valence-corrected chi connectivity index (χ1v) is 9.59. The first-order valence-electron chi connectivity index (χ1n) is 9.59. The number of aromatic nitrogens is 1. The number of anilines is 2. The lowest BCUT2D eigenvalue weighted by Crippen LogP contribution is -2.40. The Bertz CT molecular complexity index is 1240. The predicted molar refractivity (Wildman–Crippen MR) is 112 cm³/mol. The zero-order valence-corrected chi connectivity index (χ0v) is 15.2. The number of nitrogens with one attached hydrogen (secondary N) is 3. The second-order valence-electron chi connectivity index (χ2n) is 7.63. The molecule has 0 spiro atoms. The number of amides is 1. The molecule has 0 aliphatic carbocycles. The van der Waals surface area contributed by atoms with Crippen molar-refractivity contribution in [2.24, 2.45) is 0 Å². The molecule has 3 heterocycles. The van der Waals surface area contributed by atoms with Gasteiger partial charge in [0.15, 0.2) is 0 Å². The van der Waals surface area contributed by atoms with Crippen LogP contribution in [0.3, 0.4) is 0 Å². The van der Waals surface area contributed by atoms with Crippen molar-refractivity contribution < 1.29 is 4.79 Å². The van der Waals surface area contributed by atoms with Gasteiger partial charge in [0.25, 0.3) is 0 Å². The van der Waals surface area contributed by atoms with Gasteiger partial charge in [-0.05, 0) is 34.9 Å². The van der Waals surface area contributed by atoms with E-state index < -0.39 is 5.41 Å². The third-order valence-corrected chi connectivity index (χ3v) is 6.32. The summed E-state index contributed by atoms with van der Waals surface area (Å²) >= 11 is 0. The van der Waals surface area contributed by atoms with Gasteiger partial charge in [-0.25, -0.2) is 0 Å². The summed E-state index contributed by atoms with van der Waals surface area (Å²) in [5.74, 6) is -0.232. The highest BCUT2D eigenvalue weighted by atomic mass is 16.2. The number of hydrogen-bond acceptors (Lipinski definition) is 2. The molecule has 0 saturated heterocycles. The number of benzene rings is 3. The normalized spacial score (nSPS) is 22.6. The summed E-state index contributed by atoms with van der Waals surface area (Å²) in [5.41, 5.74) is 6.04. The second-order valence-corrected chi connectivity index (χ2v) is 7.63. The minimum atomic E-state index is -0.479. The van der Waals surface area contributed by atoms with E-state index in [2.05, 4.69) is 64.3 Å². The fourth-order valence-electron chi connectivity index (χ4n) is 5.15. The van der Waals surface area contributed by atoms with Crippen LogP contribution in [0.25, 0.3) is 10.9 Å². The van der Waals surface area contributed by atoms with Crippen LogP contribution in [-0.4, -0.2) is 17.4 Å². The molecule has 4 aromatic rings. The van der Waals surface area contributed by atoms with E-state index in [0.717, 1.165) is 33.4 Å². The van der Waals surface area contributed by atoms with Crippen molar-refractivity contribution in [2.75, 3.05) is 17.2 Å². The summed E-state index contributed by atoms with van der Waals surface area (Å²) in [6.07, 6.45) is 2.09. The van der Waals surface area contributed by atoms with Gasteiger partial charge >= 0.3 is 0 Å². The molecule has 0 radical (unpaired) electrons. The van der Waals surface area contributed by atoms with Crippen LogP contribution in [0.15, 0.2) is 79.0 Å². The van der Waals surface area contributed by atoms with E-state index in [-0.39, 0.29) is 11.8 Å². The molecule has 136 valence electrons. The fourth-order valence-corrected chi connectivity index (χ4v) is 5.15. The molecular formula is C24H19N3O. The number of carbonyl (C=O) groups excluding carboxylic acids is 1. The summed E-state index contributed by atoms with van der Waals surface area (Å²) < 4.78 is 0. The Balaban J connectivity index is 1.70. The molecule has 1 aromatic heterocycles. The van der Waals surface area contributed by atoms with E-state index in [9.17, 15) is 4.79 Å². The number of rotatable bonds is 2. The van der Waals surface area contributed by atoms with E-state index in [1.54, 1.807) is 0 Å². The molecule has 0 bridgehead atoms. The van der Waals surface area contributed by atoms with Crippen molar-refractivity contribution in [1.29, 1.82) is 0 Å². The van der Waals surface area contributed by atoms with E-state index >= 15 is 0 Å². The smallest absolute Gasteiger partial charge is 0.233 e. The average Bonchev–Trinajstić information content (AvgIpc) is 3.41. The largest absolute Gasteiger partial charge is 0.384 e. The zero-order chi connectivity index (χ0) is 18.7. The number of hydrogen-bond donors (Lipinski definition) is 3.